The number of carbonyl (C=O) groups is 1. The molecule has 6 nitrogen and oxygen atoms in total. The Morgan fingerprint density at radius 2 is 1.33 bits per heavy atom. The van der Waals surface area contributed by atoms with Gasteiger partial charge in [-0.25, -0.2) is 9.97 Å². The van der Waals surface area contributed by atoms with Crippen LogP contribution in [-0.4, -0.2) is 64.9 Å². The van der Waals surface area contributed by atoms with Crippen LogP contribution in [-0.2, 0) is 4.79 Å². The van der Waals surface area contributed by atoms with Crippen LogP contribution in [0.4, 0.5) is 5.95 Å². The zero-order valence-electron chi connectivity index (χ0n) is 17.3. The monoisotopic (exact) mass is 401 g/mol. The van der Waals surface area contributed by atoms with Gasteiger partial charge in [0.05, 0.1) is 17.9 Å². The Hall–Kier alpha value is -3.09. The van der Waals surface area contributed by atoms with Gasteiger partial charge in [0.1, 0.15) is 0 Å². The van der Waals surface area contributed by atoms with Gasteiger partial charge in [-0.2, -0.15) is 0 Å². The number of nitrogens with one attached hydrogen (secondary N) is 1. The second kappa shape index (κ2) is 9.61. The van der Waals surface area contributed by atoms with Gasteiger partial charge in [0, 0.05) is 37.3 Å². The van der Waals surface area contributed by atoms with Gasteiger partial charge in [-0.05, 0) is 12.6 Å². The Bertz CT molecular complexity index is 912. The molecule has 154 valence electrons. The molecule has 0 unspecified atom stereocenters. The van der Waals surface area contributed by atoms with Crippen LogP contribution in [0.25, 0.3) is 22.5 Å². The summed E-state index contributed by atoms with van der Waals surface area (Å²) in [5.74, 6) is 0.261. The van der Waals surface area contributed by atoms with Gasteiger partial charge in [0.2, 0.25) is 11.9 Å². The van der Waals surface area contributed by atoms with Crippen LogP contribution in [0, 0.1) is 0 Å². The highest BCUT2D eigenvalue weighted by atomic mass is 16.2. The third-order valence-corrected chi connectivity index (χ3v) is 5.40. The molecule has 2 aromatic carbocycles. The first-order chi connectivity index (χ1) is 14.7. The van der Waals surface area contributed by atoms with Gasteiger partial charge < -0.3 is 4.90 Å². The largest absolute Gasteiger partial charge is 0.301 e. The van der Waals surface area contributed by atoms with Crippen molar-refractivity contribution in [1.82, 2.24) is 19.8 Å². The molecule has 0 spiro atoms. The summed E-state index contributed by atoms with van der Waals surface area (Å²) >= 11 is 0. The highest BCUT2D eigenvalue weighted by Crippen LogP contribution is 2.25. The fraction of sp³-hybridized carbons (Fsp3) is 0.292. The zero-order valence-corrected chi connectivity index (χ0v) is 17.3. The third kappa shape index (κ3) is 5.09. The van der Waals surface area contributed by atoms with Crippen LogP contribution in [0.15, 0.2) is 66.7 Å². The number of nitrogens with zero attached hydrogens (tertiary/aromatic N) is 4. The number of carbonyl (C=O) groups excluding carboxylic acids is 1. The zero-order chi connectivity index (χ0) is 20.8. The third-order valence-electron chi connectivity index (χ3n) is 5.40. The van der Waals surface area contributed by atoms with Crippen LogP contribution >= 0.6 is 0 Å². The van der Waals surface area contributed by atoms with Crippen molar-refractivity contribution >= 4 is 11.9 Å². The average Bonchev–Trinajstić information content (AvgIpc) is 2.80. The fourth-order valence-electron chi connectivity index (χ4n) is 3.65. The molecule has 3 aromatic rings. The number of rotatable bonds is 6. The molecule has 0 atom stereocenters. The van der Waals surface area contributed by atoms with E-state index in [-0.39, 0.29) is 5.91 Å². The molecule has 1 aliphatic heterocycles. The van der Waals surface area contributed by atoms with Crippen molar-refractivity contribution in [2.75, 3.05) is 44.6 Å². The fourth-order valence-corrected chi connectivity index (χ4v) is 3.65. The number of likely N-dealkylation sites (N-methyl/N-ethyl adjacent to an activating group) is 1. The molecule has 1 amide bonds. The highest BCUT2D eigenvalue weighted by Gasteiger charge is 2.19. The number of hydrogen-bond acceptors (Lipinski definition) is 5. The van der Waals surface area contributed by atoms with E-state index in [2.05, 4.69) is 32.0 Å². The second-order valence-corrected chi connectivity index (χ2v) is 7.45. The topological polar surface area (TPSA) is 61.4 Å². The van der Waals surface area contributed by atoms with Crippen molar-refractivity contribution in [2.45, 2.75) is 6.92 Å². The van der Waals surface area contributed by atoms with Crippen molar-refractivity contribution in [3.63, 3.8) is 0 Å². The Balaban J connectivity index is 1.54. The molecule has 0 radical (unpaired) electrons. The van der Waals surface area contributed by atoms with Crippen LogP contribution in [0.1, 0.15) is 6.92 Å². The van der Waals surface area contributed by atoms with Gasteiger partial charge in [0.15, 0.2) is 0 Å². The lowest BCUT2D eigenvalue weighted by Gasteiger charge is -2.33. The molecule has 1 fully saturated rings. The number of amides is 1. The van der Waals surface area contributed by atoms with E-state index in [1.807, 2.05) is 66.7 Å². The Morgan fingerprint density at radius 3 is 1.83 bits per heavy atom. The minimum atomic E-state index is -0.0795. The minimum absolute atomic E-state index is 0.0795. The van der Waals surface area contributed by atoms with E-state index in [0.717, 1.165) is 55.2 Å². The number of anilines is 1. The van der Waals surface area contributed by atoms with Gasteiger partial charge >= 0.3 is 0 Å². The number of piperazine rings is 1. The lowest BCUT2D eigenvalue weighted by Crippen LogP contribution is -2.48. The lowest BCUT2D eigenvalue weighted by molar-refractivity contribution is -0.117. The maximum Gasteiger partial charge on any atom is 0.240 e. The van der Waals surface area contributed by atoms with Crippen LogP contribution in [0.2, 0.25) is 0 Å². The molecular formula is C24H27N5O. The molecule has 0 aliphatic carbocycles. The first-order valence-corrected chi connectivity index (χ1v) is 10.5. The molecule has 1 aromatic heterocycles. The molecule has 0 bridgehead atoms. The molecule has 1 aliphatic rings. The van der Waals surface area contributed by atoms with E-state index in [1.54, 1.807) is 0 Å². The second-order valence-electron chi connectivity index (χ2n) is 7.45. The normalized spacial score (nSPS) is 15.1. The summed E-state index contributed by atoms with van der Waals surface area (Å²) in [6, 6.07) is 21.9. The summed E-state index contributed by atoms with van der Waals surface area (Å²) in [6.07, 6.45) is 0. The summed E-state index contributed by atoms with van der Waals surface area (Å²) < 4.78 is 0. The average molecular weight is 402 g/mol. The van der Waals surface area contributed by atoms with Gasteiger partial charge in [-0.15, -0.1) is 0 Å². The quantitative estimate of drug-likeness (QED) is 0.686. The van der Waals surface area contributed by atoms with Crippen molar-refractivity contribution in [2.24, 2.45) is 0 Å². The van der Waals surface area contributed by atoms with Crippen molar-refractivity contribution in [3.05, 3.63) is 66.7 Å². The summed E-state index contributed by atoms with van der Waals surface area (Å²) in [6.45, 7) is 7.40. The Labute approximate surface area is 177 Å². The summed E-state index contributed by atoms with van der Waals surface area (Å²) in [5.41, 5.74) is 3.55. The van der Waals surface area contributed by atoms with Crippen molar-refractivity contribution < 1.29 is 4.79 Å². The van der Waals surface area contributed by atoms with Gasteiger partial charge in [-0.3, -0.25) is 15.0 Å². The smallest absolute Gasteiger partial charge is 0.240 e. The van der Waals surface area contributed by atoms with E-state index in [4.69, 9.17) is 0 Å². The SMILES string of the molecule is CCN1CCN(CC(=O)Nc2nc(-c3ccccc3)cc(-c3ccccc3)n2)CC1. The molecule has 0 saturated carbocycles. The number of hydrogen-bond donors (Lipinski definition) is 1. The highest BCUT2D eigenvalue weighted by molar-refractivity contribution is 5.91. The summed E-state index contributed by atoms with van der Waals surface area (Å²) in [7, 11) is 0. The molecule has 6 heteroatoms. The van der Waals surface area contributed by atoms with E-state index >= 15 is 0 Å². The molecule has 4 rings (SSSR count). The maximum absolute atomic E-state index is 12.7. The van der Waals surface area contributed by atoms with Crippen molar-refractivity contribution in [1.29, 1.82) is 0 Å². The summed E-state index contributed by atoms with van der Waals surface area (Å²) in [4.78, 5) is 26.5. The predicted molar refractivity (Wildman–Crippen MR) is 120 cm³/mol. The maximum atomic E-state index is 12.7. The standard InChI is InChI=1S/C24H27N5O/c1-2-28-13-15-29(16-14-28)18-23(30)27-24-25-21(19-9-5-3-6-10-19)17-22(26-24)20-11-7-4-8-12-20/h3-12,17H,2,13-16,18H2,1H3,(H,25,26,27,30). The molecular weight excluding hydrogens is 374 g/mol. The molecule has 30 heavy (non-hydrogen) atoms. The molecule has 1 N–H and O–H groups in total. The molecule has 2 heterocycles. The predicted octanol–water partition coefficient (Wildman–Crippen LogP) is 3.39. The van der Waals surface area contributed by atoms with E-state index < -0.39 is 0 Å². The Morgan fingerprint density at radius 1 is 0.833 bits per heavy atom. The van der Waals surface area contributed by atoms with Crippen LogP contribution in [0.5, 0.6) is 0 Å². The van der Waals surface area contributed by atoms with E-state index in [0.29, 0.717) is 12.5 Å². The van der Waals surface area contributed by atoms with Gasteiger partial charge in [0.25, 0.3) is 0 Å². The van der Waals surface area contributed by atoms with E-state index in [1.165, 1.54) is 0 Å². The van der Waals surface area contributed by atoms with E-state index in [9.17, 15) is 4.79 Å². The van der Waals surface area contributed by atoms with Crippen molar-refractivity contribution in [3.8, 4) is 22.5 Å². The van der Waals surface area contributed by atoms with Crippen LogP contribution in [0.3, 0.4) is 0 Å². The van der Waals surface area contributed by atoms with Crippen LogP contribution < -0.4 is 5.32 Å². The minimum Gasteiger partial charge on any atom is -0.301 e. The lowest BCUT2D eigenvalue weighted by atomic mass is 10.1. The Kier molecular flexibility index (Phi) is 6.47. The van der Waals surface area contributed by atoms with Gasteiger partial charge in [-0.1, -0.05) is 67.6 Å². The number of benzene rings is 2. The molecule has 1 saturated heterocycles. The number of aromatic nitrogens is 2. The summed E-state index contributed by atoms with van der Waals surface area (Å²) in [5, 5.41) is 2.92. The first kappa shape index (κ1) is 20.2. The first-order valence-electron chi connectivity index (χ1n) is 10.5.